The zero-order chi connectivity index (χ0) is 10.6. The van der Waals surface area contributed by atoms with Gasteiger partial charge in [0.25, 0.3) is 0 Å². The maximum absolute atomic E-state index is 10.9. The van der Waals surface area contributed by atoms with Gasteiger partial charge in [0.1, 0.15) is 0 Å². The van der Waals surface area contributed by atoms with Crippen molar-refractivity contribution < 1.29 is 8.42 Å². The maximum atomic E-state index is 10.9. The molecule has 1 heterocycles. The van der Waals surface area contributed by atoms with Crippen LogP contribution in [0, 0.1) is 11.3 Å². The van der Waals surface area contributed by atoms with Crippen molar-refractivity contribution in [3.8, 4) is 6.07 Å². The minimum absolute atomic E-state index is 0.389. The van der Waals surface area contributed by atoms with Crippen molar-refractivity contribution in [2.45, 2.75) is 6.04 Å². The summed E-state index contributed by atoms with van der Waals surface area (Å²) in [7, 11) is -3.40. The van der Waals surface area contributed by atoms with Crippen molar-refractivity contribution in [3.63, 3.8) is 0 Å². The van der Waals surface area contributed by atoms with Gasteiger partial charge in [-0.3, -0.25) is 4.98 Å². The second-order valence-corrected chi connectivity index (χ2v) is 4.49. The van der Waals surface area contributed by atoms with Gasteiger partial charge in [-0.1, -0.05) is 6.07 Å². The Morgan fingerprint density at radius 1 is 1.57 bits per heavy atom. The van der Waals surface area contributed by atoms with Gasteiger partial charge < -0.3 is 0 Å². The molecule has 0 radical (unpaired) electrons. The number of pyridine rings is 1. The summed E-state index contributed by atoms with van der Waals surface area (Å²) in [4.78, 5) is 3.88. The first-order valence-electron chi connectivity index (χ1n) is 3.81. The molecule has 1 rings (SSSR count). The monoisotopic (exact) mass is 211 g/mol. The van der Waals surface area contributed by atoms with E-state index in [1.807, 2.05) is 6.07 Å². The molecule has 0 aliphatic heterocycles. The highest BCUT2D eigenvalue weighted by molar-refractivity contribution is 7.88. The number of sulfonamides is 1. The van der Waals surface area contributed by atoms with Crippen LogP contribution < -0.4 is 4.72 Å². The van der Waals surface area contributed by atoms with Gasteiger partial charge in [0, 0.05) is 6.20 Å². The fourth-order valence-electron chi connectivity index (χ4n) is 0.914. The Bertz CT molecular complexity index is 435. The van der Waals surface area contributed by atoms with Crippen LogP contribution in [0.1, 0.15) is 11.7 Å². The van der Waals surface area contributed by atoms with E-state index in [9.17, 15) is 8.42 Å². The number of nitrogens with one attached hydrogen (secondary N) is 1. The van der Waals surface area contributed by atoms with E-state index in [0.29, 0.717) is 5.69 Å². The number of nitrogens with zero attached hydrogens (tertiary/aromatic N) is 2. The summed E-state index contributed by atoms with van der Waals surface area (Å²) < 4.78 is 23.9. The molecule has 74 valence electrons. The predicted molar refractivity (Wildman–Crippen MR) is 50.6 cm³/mol. The fraction of sp³-hybridized carbons (Fsp3) is 0.250. The van der Waals surface area contributed by atoms with E-state index in [4.69, 9.17) is 5.26 Å². The summed E-state index contributed by atoms with van der Waals surface area (Å²) in [5, 5.41) is 8.73. The van der Waals surface area contributed by atoms with Gasteiger partial charge in [0.15, 0.2) is 6.04 Å². The highest BCUT2D eigenvalue weighted by Gasteiger charge is 2.15. The smallest absolute Gasteiger partial charge is 0.210 e. The molecule has 6 heteroatoms. The molecule has 0 saturated heterocycles. The maximum Gasteiger partial charge on any atom is 0.210 e. The van der Waals surface area contributed by atoms with Crippen LogP contribution in [0.25, 0.3) is 0 Å². The van der Waals surface area contributed by atoms with Gasteiger partial charge in [0.05, 0.1) is 18.0 Å². The van der Waals surface area contributed by atoms with Gasteiger partial charge in [-0.05, 0) is 12.1 Å². The second-order valence-electron chi connectivity index (χ2n) is 2.71. The summed E-state index contributed by atoms with van der Waals surface area (Å²) in [6.45, 7) is 0. The quantitative estimate of drug-likeness (QED) is 0.774. The Kier molecular flexibility index (Phi) is 3.17. The minimum Gasteiger partial charge on any atom is -0.258 e. The lowest BCUT2D eigenvalue weighted by molar-refractivity contribution is 0.580. The second kappa shape index (κ2) is 4.17. The molecule has 5 nitrogen and oxygen atoms in total. The molecular weight excluding hydrogens is 202 g/mol. The lowest BCUT2D eigenvalue weighted by Crippen LogP contribution is -2.26. The van der Waals surface area contributed by atoms with E-state index < -0.39 is 16.1 Å². The molecule has 1 aromatic heterocycles. The van der Waals surface area contributed by atoms with E-state index in [1.54, 1.807) is 18.2 Å². The van der Waals surface area contributed by atoms with Gasteiger partial charge in [-0.2, -0.15) is 9.98 Å². The zero-order valence-electron chi connectivity index (χ0n) is 7.51. The van der Waals surface area contributed by atoms with E-state index in [-0.39, 0.29) is 0 Å². The number of hydrogen-bond donors (Lipinski definition) is 1. The first-order valence-corrected chi connectivity index (χ1v) is 5.70. The number of aromatic nitrogens is 1. The molecule has 1 N–H and O–H groups in total. The van der Waals surface area contributed by atoms with Crippen LogP contribution in [0.3, 0.4) is 0 Å². The Balaban J connectivity index is 2.91. The van der Waals surface area contributed by atoms with E-state index >= 15 is 0 Å². The van der Waals surface area contributed by atoms with Gasteiger partial charge in [0.2, 0.25) is 10.0 Å². The minimum atomic E-state index is -3.40. The Morgan fingerprint density at radius 3 is 2.71 bits per heavy atom. The van der Waals surface area contributed by atoms with Gasteiger partial charge in [-0.15, -0.1) is 0 Å². The third kappa shape index (κ3) is 3.12. The highest BCUT2D eigenvalue weighted by atomic mass is 32.2. The first-order chi connectivity index (χ1) is 6.53. The third-order valence-electron chi connectivity index (χ3n) is 1.44. The largest absolute Gasteiger partial charge is 0.258 e. The van der Waals surface area contributed by atoms with Crippen LogP contribution in [-0.4, -0.2) is 19.7 Å². The Morgan fingerprint density at radius 2 is 2.29 bits per heavy atom. The molecule has 0 fully saturated rings. The van der Waals surface area contributed by atoms with Crippen LogP contribution in [0.5, 0.6) is 0 Å². The fourth-order valence-corrected chi connectivity index (χ4v) is 1.52. The lowest BCUT2D eigenvalue weighted by Gasteiger charge is -2.07. The molecule has 0 aliphatic rings. The summed E-state index contributed by atoms with van der Waals surface area (Å²) >= 11 is 0. The van der Waals surface area contributed by atoms with Crippen molar-refractivity contribution >= 4 is 10.0 Å². The average molecular weight is 211 g/mol. The molecule has 0 amide bonds. The molecule has 14 heavy (non-hydrogen) atoms. The third-order valence-corrected chi connectivity index (χ3v) is 2.11. The molecule has 0 aromatic carbocycles. The Hall–Kier alpha value is -1.45. The van der Waals surface area contributed by atoms with Crippen LogP contribution in [0.15, 0.2) is 24.4 Å². The number of hydrogen-bond acceptors (Lipinski definition) is 4. The molecule has 1 atom stereocenters. The SMILES string of the molecule is CS(=O)(=O)NC(C#N)c1ccccn1. The van der Waals surface area contributed by atoms with Crippen molar-refractivity contribution in [2.24, 2.45) is 0 Å². The first kappa shape index (κ1) is 10.6. The van der Waals surface area contributed by atoms with Crippen molar-refractivity contribution in [1.29, 1.82) is 5.26 Å². The normalized spacial score (nSPS) is 13.1. The average Bonchev–Trinajstić information content (AvgIpc) is 2.14. The standard InChI is InChI=1S/C8H9N3O2S/c1-14(12,13)11-8(6-9)7-4-2-3-5-10-7/h2-5,8,11H,1H3. The van der Waals surface area contributed by atoms with Crippen molar-refractivity contribution in [3.05, 3.63) is 30.1 Å². The van der Waals surface area contributed by atoms with Crippen molar-refractivity contribution in [2.75, 3.05) is 6.26 Å². The summed E-state index contributed by atoms with van der Waals surface area (Å²) in [6, 6.07) is 5.87. The summed E-state index contributed by atoms with van der Waals surface area (Å²) in [6.07, 6.45) is 2.50. The molecule has 1 unspecified atom stereocenters. The van der Waals surface area contributed by atoms with Gasteiger partial charge >= 0.3 is 0 Å². The predicted octanol–water partition coefficient (Wildman–Crippen LogP) is 0.195. The molecule has 0 aliphatic carbocycles. The van der Waals surface area contributed by atoms with E-state index in [0.717, 1.165) is 6.26 Å². The molecule has 0 saturated carbocycles. The van der Waals surface area contributed by atoms with Crippen LogP contribution >= 0.6 is 0 Å². The van der Waals surface area contributed by atoms with E-state index in [2.05, 4.69) is 9.71 Å². The lowest BCUT2D eigenvalue weighted by atomic mass is 10.2. The van der Waals surface area contributed by atoms with Crippen LogP contribution in [-0.2, 0) is 10.0 Å². The van der Waals surface area contributed by atoms with Crippen LogP contribution in [0.2, 0.25) is 0 Å². The number of nitriles is 1. The highest BCUT2D eigenvalue weighted by Crippen LogP contribution is 2.08. The van der Waals surface area contributed by atoms with Crippen molar-refractivity contribution in [1.82, 2.24) is 9.71 Å². The molecule has 1 aromatic rings. The van der Waals surface area contributed by atoms with Crippen LogP contribution in [0.4, 0.5) is 0 Å². The summed E-state index contributed by atoms with van der Waals surface area (Å²) in [5.74, 6) is 0. The Labute approximate surface area is 82.4 Å². The number of rotatable bonds is 3. The topological polar surface area (TPSA) is 82.9 Å². The summed E-state index contributed by atoms with van der Waals surface area (Å²) in [5.41, 5.74) is 0.389. The van der Waals surface area contributed by atoms with Gasteiger partial charge in [-0.25, -0.2) is 8.42 Å². The zero-order valence-corrected chi connectivity index (χ0v) is 8.32. The molecule has 0 bridgehead atoms. The van der Waals surface area contributed by atoms with E-state index in [1.165, 1.54) is 6.20 Å². The molecule has 0 spiro atoms. The molecular formula is C8H9N3O2S.